The zero-order chi connectivity index (χ0) is 17.3. The fourth-order valence-corrected chi connectivity index (χ4v) is 5.33. The first-order chi connectivity index (χ1) is 11.4. The molecule has 1 aromatic rings. The van der Waals surface area contributed by atoms with Gasteiger partial charge in [0.15, 0.2) is 4.34 Å². The minimum Gasteiger partial charge on any atom is -0.341 e. The lowest BCUT2D eigenvalue weighted by Crippen LogP contribution is -2.52. The molecule has 2 saturated heterocycles. The minimum atomic E-state index is -0.345. The number of hydrogen-bond acceptors (Lipinski definition) is 6. The molecule has 6 nitrogen and oxygen atoms in total. The Morgan fingerprint density at radius 1 is 1.33 bits per heavy atom. The highest BCUT2D eigenvalue weighted by molar-refractivity contribution is 8.01. The molecule has 1 spiro atoms. The van der Waals surface area contributed by atoms with Crippen molar-refractivity contribution in [3.8, 4) is 0 Å². The minimum absolute atomic E-state index is 0.0965. The lowest BCUT2D eigenvalue weighted by Gasteiger charge is -2.41. The Labute approximate surface area is 151 Å². The van der Waals surface area contributed by atoms with Crippen LogP contribution in [0.1, 0.15) is 38.1 Å². The van der Waals surface area contributed by atoms with Crippen molar-refractivity contribution in [3.63, 3.8) is 0 Å². The third-order valence-electron chi connectivity index (χ3n) is 4.93. The maximum Gasteiger partial charge on any atom is 0.233 e. The van der Waals surface area contributed by atoms with E-state index in [-0.39, 0.29) is 23.3 Å². The third-order valence-corrected chi connectivity index (χ3v) is 6.88. The Balaban J connectivity index is 1.59. The number of amides is 2. The molecule has 24 heavy (non-hydrogen) atoms. The van der Waals surface area contributed by atoms with Crippen LogP contribution in [0.5, 0.6) is 0 Å². The lowest BCUT2D eigenvalue weighted by atomic mass is 9.78. The first-order valence-corrected chi connectivity index (χ1v) is 10.2. The fourth-order valence-electron chi connectivity index (χ4n) is 3.61. The maximum atomic E-state index is 12.9. The molecule has 1 atom stereocenters. The quantitative estimate of drug-likeness (QED) is 0.762. The molecule has 2 fully saturated rings. The molecule has 132 valence electrons. The van der Waals surface area contributed by atoms with E-state index in [0.29, 0.717) is 18.8 Å². The van der Waals surface area contributed by atoms with E-state index >= 15 is 0 Å². The molecule has 0 bridgehead atoms. The summed E-state index contributed by atoms with van der Waals surface area (Å²) in [6.07, 6.45) is 2.73. The van der Waals surface area contributed by atoms with E-state index < -0.39 is 0 Å². The van der Waals surface area contributed by atoms with E-state index in [9.17, 15) is 9.59 Å². The highest BCUT2D eigenvalue weighted by Crippen LogP contribution is 2.41. The van der Waals surface area contributed by atoms with Crippen molar-refractivity contribution < 1.29 is 9.59 Å². The summed E-state index contributed by atoms with van der Waals surface area (Å²) in [5.41, 5.74) is -0.345. The first-order valence-electron chi connectivity index (χ1n) is 8.43. The number of likely N-dealkylation sites (tertiary alicyclic amines) is 2. The SMILES string of the molecule is Cc1nnc(SCC(=O)N2CCC3(CCCN(C(C)C)C3=O)C2)s1. The predicted octanol–water partition coefficient (Wildman–Crippen LogP) is 2.19. The van der Waals surface area contributed by atoms with Crippen LogP contribution in [-0.4, -0.2) is 63.2 Å². The van der Waals surface area contributed by atoms with Gasteiger partial charge in [0, 0.05) is 25.7 Å². The monoisotopic (exact) mass is 368 g/mol. The summed E-state index contributed by atoms with van der Waals surface area (Å²) in [6.45, 7) is 8.14. The summed E-state index contributed by atoms with van der Waals surface area (Å²) < 4.78 is 0.828. The highest BCUT2D eigenvalue weighted by Gasteiger charge is 2.49. The van der Waals surface area contributed by atoms with Gasteiger partial charge in [-0.15, -0.1) is 10.2 Å². The highest BCUT2D eigenvalue weighted by atomic mass is 32.2. The average molecular weight is 369 g/mol. The second-order valence-corrected chi connectivity index (χ2v) is 9.32. The maximum absolute atomic E-state index is 12.9. The molecule has 8 heteroatoms. The van der Waals surface area contributed by atoms with E-state index in [1.807, 2.05) is 16.7 Å². The molecule has 2 amide bonds. The van der Waals surface area contributed by atoms with Gasteiger partial charge < -0.3 is 9.80 Å². The number of aryl methyl sites for hydroxylation is 1. The Kier molecular flexibility index (Phi) is 5.15. The van der Waals surface area contributed by atoms with Crippen molar-refractivity contribution in [2.75, 3.05) is 25.4 Å². The van der Waals surface area contributed by atoms with Gasteiger partial charge in [0.05, 0.1) is 11.2 Å². The fraction of sp³-hybridized carbons (Fsp3) is 0.750. The molecule has 2 aliphatic heterocycles. The zero-order valence-electron chi connectivity index (χ0n) is 14.4. The van der Waals surface area contributed by atoms with Crippen molar-refractivity contribution >= 4 is 34.9 Å². The number of nitrogens with zero attached hydrogens (tertiary/aromatic N) is 4. The average Bonchev–Trinajstić information content (AvgIpc) is 3.15. The van der Waals surface area contributed by atoms with Crippen LogP contribution in [0.15, 0.2) is 4.34 Å². The summed E-state index contributed by atoms with van der Waals surface area (Å²) >= 11 is 2.94. The van der Waals surface area contributed by atoms with Gasteiger partial charge in [-0.3, -0.25) is 9.59 Å². The number of aromatic nitrogens is 2. The van der Waals surface area contributed by atoms with E-state index in [1.165, 1.54) is 23.1 Å². The van der Waals surface area contributed by atoms with Gasteiger partial charge in [-0.05, 0) is 40.0 Å². The molecule has 0 radical (unpaired) electrons. The Morgan fingerprint density at radius 3 is 2.79 bits per heavy atom. The number of hydrogen-bond donors (Lipinski definition) is 0. The van der Waals surface area contributed by atoms with Crippen molar-refractivity contribution in [1.82, 2.24) is 20.0 Å². The molecular weight excluding hydrogens is 344 g/mol. The van der Waals surface area contributed by atoms with E-state index in [4.69, 9.17) is 0 Å². The van der Waals surface area contributed by atoms with Crippen molar-refractivity contribution in [1.29, 1.82) is 0 Å². The largest absolute Gasteiger partial charge is 0.341 e. The van der Waals surface area contributed by atoms with Crippen LogP contribution < -0.4 is 0 Å². The van der Waals surface area contributed by atoms with Crippen LogP contribution in [0.4, 0.5) is 0 Å². The van der Waals surface area contributed by atoms with Crippen LogP contribution in [0.2, 0.25) is 0 Å². The number of rotatable bonds is 4. The molecular formula is C16H24N4O2S2. The van der Waals surface area contributed by atoms with Gasteiger partial charge in [0.25, 0.3) is 0 Å². The summed E-state index contributed by atoms with van der Waals surface area (Å²) in [6, 6.07) is 0.232. The molecule has 1 aromatic heterocycles. The van der Waals surface area contributed by atoms with Crippen molar-refractivity contribution in [2.24, 2.45) is 5.41 Å². The van der Waals surface area contributed by atoms with Gasteiger partial charge in [-0.1, -0.05) is 23.1 Å². The van der Waals surface area contributed by atoms with E-state index in [2.05, 4.69) is 24.0 Å². The molecule has 0 saturated carbocycles. The van der Waals surface area contributed by atoms with Gasteiger partial charge in [-0.2, -0.15) is 0 Å². The molecule has 1 unspecified atom stereocenters. The standard InChI is InChI=1S/C16H24N4O2S2/c1-11(2)20-7-4-5-16(14(20)22)6-8-19(10-16)13(21)9-23-15-18-17-12(3)24-15/h11H,4-10H2,1-3H3. The van der Waals surface area contributed by atoms with Crippen LogP contribution in [0.3, 0.4) is 0 Å². The van der Waals surface area contributed by atoms with Gasteiger partial charge in [-0.25, -0.2) is 0 Å². The van der Waals surface area contributed by atoms with E-state index in [1.54, 1.807) is 0 Å². The number of carbonyl (C=O) groups is 2. The van der Waals surface area contributed by atoms with Gasteiger partial charge in [0.1, 0.15) is 5.01 Å². The van der Waals surface area contributed by atoms with Crippen molar-refractivity contribution in [2.45, 2.75) is 50.4 Å². The second-order valence-electron chi connectivity index (χ2n) is 6.92. The second kappa shape index (κ2) is 7.00. The van der Waals surface area contributed by atoms with Crippen LogP contribution in [0.25, 0.3) is 0 Å². The lowest BCUT2D eigenvalue weighted by molar-refractivity contribution is -0.148. The Morgan fingerprint density at radius 2 is 2.12 bits per heavy atom. The van der Waals surface area contributed by atoms with E-state index in [0.717, 1.165) is 35.2 Å². The summed E-state index contributed by atoms with van der Waals surface area (Å²) in [5.74, 6) is 0.706. The molecule has 0 aliphatic carbocycles. The third kappa shape index (κ3) is 3.44. The van der Waals surface area contributed by atoms with Crippen LogP contribution >= 0.6 is 23.1 Å². The van der Waals surface area contributed by atoms with Gasteiger partial charge in [0.2, 0.25) is 11.8 Å². The normalized spacial score (nSPS) is 24.4. The molecule has 3 heterocycles. The molecule has 3 rings (SSSR count). The molecule has 0 aromatic carbocycles. The number of piperidine rings is 1. The topological polar surface area (TPSA) is 66.4 Å². The summed E-state index contributed by atoms with van der Waals surface area (Å²) in [5, 5.41) is 8.92. The number of thioether (sulfide) groups is 1. The summed E-state index contributed by atoms with van der Waals surface area (Å²) in [7, 11) is 0. The predicted molar refractivity (Wildman–Crippen MR) is 95.1 cm³/mol. The zero-order valence-corrected chi connectivity index (χ0v) is 16.1. The Bertz CT molecular complexity index is 633. The van der Waals surface area contributed by atoms with Gasteiger partial charge >= 0.3 is 0 Å². The summed E-state index contributed by atoms with van der Waals surface area (Å²) in [4.78, 5) is 29.3. The Hall–Kier alpha value is -1.15. The van der Waals surface area contributed by atoms with Crippen LogP contribution in [-0.2, 0) is 9.59 Å². The smallest absolute Gasteiger partial charge is 0.233 e. The first kappa shape index (κ1) is 17.7. The van der Waals surface area contributed by atoms with Crippen LogP contribution in [0, 0.1) is 12.3 Å². The molecule has 0 N–H and O–H groups in total. The van der Waals surface area contributed by atoms with Crippen molar-refractivity contribution in [3.05, 3.63) is 5.01 Å². The number of carbonyl (C=O) groups excluding carboxylic acids is 2. The molecule has 2 aliphatic rings.